The molecule has 0 aromatic carbocycles. The lowest BCUT2D eigenvalue weighted by Gasteiger charge is -2.30. The van der Waals surface area contributed by atoms with Crippen LogP contribution in [0.25, 0.3) is 5.82 Å². The molecule has 0 spiro atoms. The van der Waals surface area contributed by atoms with Gasteiger partial charge in [0, 0.05) is 38.6 Å². The molecule has 9 heteroatoms. The second-order valence-electron chi connectivity index (χ2n) is 8.63. The predicted octanol–water partition coefficient (Wildman–Crippen LogP) is 2.56. The molecule has 0 unspecified atom stereocenters. The smallest absolute Gasteiger partial charge is 0.274 e. The number of piperidine rings is 2. The summed E-state index contributed by atoms with van der Waals surface area (Å²) in [5.41, 5.74) is 0.380. The first-order valence-electron chi connectivity index (χ1n) is 10.6. The first-order chi connectivity index (χ1) is 14.3. The summed E-state index contributed by atoms with van der Waals surface area (Å²) in [4.78, 5) is 23.3. The van der Waals surface area contributed by atoms with E-state index in [9.17, 15) is 13.2 Å². The second-order valence-corrected chi connectivity index (χ2v) is 10.6. The van der Waals surface area contributed by atoms with Crippen molar-refractivity contribution in [2.75, 3.05) is 26.2 Å². The van der Waals surface area contributed by atoms with Gasteiger partial charge in [0.2, 0.25) is 10.0 Å². The third-order valence-electron chi connectivity index (χ3n) is 5.99. The molecule has 30 heavy (non-hydrogen) atoms. The van der Waals surface area contributed by atoms with Crippen LogP contribution in [-0.2, 0) is 10.0 Å². The lowest BCUT2D eigenvalue weighted by atomic mass is 10.0. The third kappa shape index (κ3) is 4.27. The van der Waals surface area contributed by atoms with E-state index in [2.05, 4.69) is 23.8 Å². The van der Waals surface area contributed by atoms with Gasteiger partial charge in [-0.3, -0.25) is 9.36 Å². The predicted molar refractivity (Wildman–Crippen MR) is 113 cm³/mol. The molecule has 4 rings (SSSR count). The number of imidazole rings is 1. The number of carbonyl (C=O) groups excluding carboxylic acids is 1. The van der Waals surface area contributed by atoms with Crippen molar-refractivity contribution >= 4 is 15.9 Å². The third-order valence-corrected chi connectivity index (χ3v) is 7.84. The molecule has 2 atom stereocenters. The van der Waals surface area contributed by atoms with Crippen LogP contribution in [0.2, 0.25) is 0 Å². The standard InChI is InChI=1S/C21H29N5O3S/c1-16-5-3-9-24(12-16)21(27)19-14-25(15-23-19)20-8-7-18(11-22-20)30(28,29)26-10-4-6-17(2)13-26/h7-8,11,14-17H,3-6,9-10,12-13H2,1-2H3/t16-,17+/m0/s1. The van der Waals surface area contributed by atoms with Crippen LogP contribution in [-0.4, -0.2) is 64.2 Å². The number of hydrogen-bond acceptors (Lipinski definition) is 5. The summed E-state index contributed by atoms with van der Waals surface area (Å²) in [6.45, 7) is 6.85. The van der Waals surface area contributed by atoms with Crippen LogP contribution >= 0.6 is 0 Å². The lowest BCUT2D eigenvalue weighted by Crippen LogP contribution is -2.39. The van der Waals surface area contributed by atoms with Gasteiger partial charge < -0.3 is 4.90 Å². The average Bonchev–Trinajstić information content (AvgIpc) is 3.23. The highest BCUT2D eigenvalue weighted by molar-refractivity contribution is 7.89. The fraction of sp³-hybridized carbons (Fsp3) is 0.571. The first-order valence-corrected chi connectivity index (χ1v) is 12.1. The molecule has 1 amide bonds. The highest BCUT2D eigenvalue weighted by atomic mass is 32.2. The summed E-state index contributed by atoms with van der Waals surface area (Å²) in [6, 6.07) is 3.23. The van der Waals surface area contributed by atoms with Crippen molar-refractivity contribution in [3.8, 4) is 5.82 Å². The van der Waals surface area contributed by atoms with Crippen molar-refractivity contribution < 1.29 is 13.2 Å². The number of sulfonamides is 1. The van der Waals surface area contributed by atoms with Gasteiger partial charge in [-0.25, -0.2) is 18.4 Å². The number of likely N-dealkylation sites (tertiary alicyclic amines) is 1. The zero-order valence-electron chi connectivity index (χ0n) is 17.6. The fourth-order valence-electron chi connectivity index (χ4n) is 4.29. The molecular formula is C21H29N5O3S. The SMILES string of the molecule is C[C@@H]1CCCN(S(=O)(=O)c2ccc(-n3cnc(C(=O)N4CCC[C@H](C)C4)c3)nc2)C1. The van der Waals surface area contributed by atoms with Gasteiger partial charge in [-0.2, -0.15) is 4.31 Å². The van der Waals surface area contributed by atoms with Gasteiger partial charge in [0.15, 0.2) is 0 Å². The maximum atomic E-state index is 12.9. The Kier molecular flexibility index (Phi) is 5.92. The summed E-state index contributed by atoms with van der Waals surface area (Å²) in [7, 11) is -3.54. The summed E-state index contributed by atoms with van der Waals surface area (Å²) in [6.07, 6.45) is 8.69. The van der Waals surface area contributed by atoms with E-state index in [0.29, 0.717) is 36.4 Å². The molecule has 0 radical (unpaired) electrons. The Balaban J connectivity index is 1.49. The Morgan fingerprint density at radius 3 is 2.43 bits per heavy atom. The van der Waals surface area contributed by atoms with Gasteiger partial charge in [0.1, 0.15) is 22.7 Å². The Morgan fingerprint density at radius 2 is 1.77 bits per heavy atom. The molecule has 0 N–H and O–H groups in total. The normalized spacial score (nSPS) is 23.5. The largest absolute Gasteiger partial charge is 0.337 e. The van der Waals surface area contributed by atoms with Crippen molar-refractivity contribution in [3.63, 3.8) is 0 Å². The molecule has 2 aromatic rings. The topological polar surface area (TPSA) is 88.4 Å². The summed E-state index contributed by atoms with van der Waals surface area (Å²) in [5, 5.41) is 0. The van der Waals surface area contributed by atoms with Crippen molar-refractivity contribution in [2.24, 2.45) is 11.8 Å². The van der Waals surface area contributed by atoms with E-state index in [0.717, 1.165) is 38.8 Å². The first kappa shape index (κ1) is 21.0. The second kappa shape index (κ2) is 8.47. The maximum Gasteiger partial charge on any atom is 0.274 e. The van der Waals surface area contributed by atoms with E-state index in [-0.39, 0.29) is 10.8 Å². The fourth-order valence-corrected chi connectivity index (χ4v) is 5.83. The van der Waals surface area contributed by atoms with E-state index in [1.165, 1.54) is 6.20 Å². The zero-order valence-corrected chi connectivity index (χ0v) is 18.4. The summed E-state index contributed by atoms with van der Waals surface area (Å²) >= 11 is 0. The summed E-state index contributed by atoms with van der Waals surface area (Å²) in [5.74, 6) is 1.33. The van der Waals surface area contributed by atoms with Gasteiger partial charge in [-0.15, -0.1) is 0 Å². The summed E-state index contributed by atoms with van der Waals surface area (Å²) < 4.78 is 29.0. The number of hydrogen-bond donors (Lipinski definition) is 0. The van der Waals surface area contributed by atoms with Gasteiger partial charge in [0.05, 0.1) is 0 Å². The molecule has 2 saturated heterocycles. The molecule has 8 nitrogen and oxygen atoms in total. The number of pyridine rings is 1. The Bertz CT molecular complexity index is 1000. The van der Waals surface area contributed by atoms with E-state index in [1.54, 1.807) is 33.5 Å². The van der Waals surface area contributed by atoms with Crippen LogP contribution in [0, 0.1) is 11.8 Å². The number of aromatic nitrogens is 3. The average molecular weight is 432 g/mol. The molecule has 162 valence electrons. The molecule has 2 aromatic heterocycles. The van der Waals surface area contributed by atoms with Crippen molar-refractivity contribution in [1.29, 1.82) is 0 Å². The molecule has 2 aliphatic rings. The van der Waals surface area contributed by atoms with Crippen LogP contribution in [0.3, 0.4) is 0 Å². The maximum absolute atomic E-state index is 12.9. The van der Waals surface area contributed by atoms with E-state index >= 15 is 0 Å². The molecular weight excluding hydrogens is 402 g/mol. The van der Waals surface area contributed by atoms with Crippen LogP contribution < -0.4 is 0 Å². The van der Waals surface area contributed by atoms with Gasteiger partial charge in [-0.05, 0) is 49.7 Å². The zero-order chi connectivity index (χ0) is 21.3. The Labute approximate surface area is 178 Å². The molecule has 2 fully saturated rings. The lowest BCUT2D eigenvalue weighted by molar-refractivity contribution is 0.0677. The number of nitrogens with zero attached hydrogens (tertiary/aromatic N) is 5. The number of carbonyl (C=O) groups is 1. The van der Waals surface area contributed by atoms with Crippen molar-refractivity contribution in [2.45, 2.75) is 44.4 Å². The molecule has 0 aliphatic carbocycles. The molecule has 0 saturated carbocycles. The highest BCUT2D eigenvalue weighted by Crippen LogP contribution is 2.23. The van der Waals surface area contributed by atoms with Crippen LogP contribution in [0.15, 0.2) is 35.7 Å². The van der Waals surface area contributed by atoms with Crippen molar-refractivity contribution in [3.05, 3.63) is 36.5 Å². The molecule has 2 aliphatic heterocycles. The minimum Gasteiger partial charge on any atom is -0.337 e. The monoisotopic (exact) mass is 431 g/mol. The minimum absolute atomic E-state index is 0.0706. The quantitative estimate of drug-likeness (QED) is 0.742. The van der Waals surface area contributed by atoms with Crippen molar-refractivity contribution in [1.82, 2.24) is 23.7 Å². The van der Waals surface area contributed by atoms with Gasteiger partial charge in [-0.1, -0.05) is 13.8 Å². The Morgan fingerprint density at radius 1 is 1.03 bits per heavy atom. The van der Waals surface area contributed by atoms with E-state index < -0.39 is 10.0 Å². The van der Waals surface area contributed by atoms with Crippen LogP contribution in [0.1, 0.15) is 50.0 Å². The number of rotatable bonds is 4. The number of amides is 1. The minimum atomic E-state index is -3.54. The Hall–Kier alpha value is -2.26. The molecule has 4 heterocycles. The van der Waals surface area contributed by atoms with Crippen LogP contribution in [0.4, 0.5) is 0 Å². The van der Waals surface area contributed by atoms with Crippen LogP contribution in [0.5, 0.6) is 0 Å². The highest BCUT2D eigenvalue weighted by Gasteiger charge is 2.29. The molecule has 0 bridgehead atoms. The van der Waals surface area contributed by atoms with E-state index in [1.807, 2.05) is 4.90 Å². The van der Waals surface area contributed by atoms with Gasteiger partial charge in [0.25, 0.3) is 5.91 Å². The van der Waals surface area contributed by atoms with E-state index in [4.69, 9.17) is 0 Å². The van der Waals surface area contributed by atoms with Gasteiger partial charge >= 0.3 is 0 Å².